The molecule has 0 bridgehead atoms. The van der Waals surface area contributed by atoms with Crippen LogP contribution in [0.2, 0.25) is 0 Å². The fourth-order valence-electron chi connectivity index (χ4n) is 2.63. The summed E-state index contributed by atoms with van der Waals surface area (Å²) in [4.78, 5) is 26.0. The van der Waals surface area contributed by atoms with Gasteiger partial charge < -0.3 is 9.64 Å². The zero-order chi connectivity index (χ0) is 19.4. The summed E-state index contributed by atoms with van der Waals surface area (Å²) in [7, 11) is 0. The molecule has 0 aliphatic carbocycles. The minimum atomic E-state index is -4.47. The van der Waals surface area contributed by atoms with Crippen LogP contribution in [0.25, 0.3) is 0 Å². The van der Waals surface area contributed by atoms with E-state index in [4.69, 9.17) is 4.74 Å². The maximum absolute atomic E-state index is 12.7. The first-order valence-electron chi connectivity index (χ1n) is 8.11. The molecule has 4 nitrogen and oxygen atoms in total. The molecule has 0 N–H and O–H groups in total. The molecular formula is C18H24F3NO3. The predicted octanol–water partition coefficient (Wildman–Crippen LogP) is 3.83. The molecule has 0 saturated heterocycles. The first-order valence-corrected chi connectivity index (χ1v) is 8.11. The van der Waals surface area contributed by atoms with Gasteiger partial charge in [0.1, 0.15) is 0 Å². The molecule has 0 saturated carbocycles. The molecule has 1 aromatic rings. The van der Waals surface area contributed by atoms with Crippen molar-refractivity contribution in [2.75, 3.05) is 0 Å². The molecule has 0 radical (unpaired) electrons. The molecule has 0 unspecified atom stereocenters. The summed E-state index contributed by atoms with van der Waals surface area (Å²) in [5.41, 5.74) is -0.642. The maximum Gasteiger partial charge on any atom is 0.416 e. The Morgan fingerprint density at radius 1 is 1.08 bits per heavy atom. The van der Waals surface area contributed by atoms with Gasteiger partial charge in [0.25, 0.3) is 5.91 Å². The lowest BCUT2D eigenvalue weighted by Gasteiger charge is -2.32. The zero-order valence-corrected chi connectivity index (χ0v) is 15.1. The second kappa shape index (κ2) is 8.36. The van der Waals surface area contributed by atoms with Gasteiger partial charge in [0.15, 0.2) is 6.10 Å². The number of benzene rings is 1. The number of ether oxygens (including phenoxy) is 1. The smallest absolute Gasteiger partial charge is 0.416 e. The molecule has 25 heavy (non-hydrogen) atoms. The SMILES string of the molecule is CC(C)N(C(=O)[C@H](C)OC(=O)Cc1cccc(C(F)(F)F)c1)C(C)C. The van der Waals surface area contributed by atoms with Crippen LogP contribution in [0.5, 0.6) is 0 Å². The number of esters is 1. The molecule has 0 fully saturated rings. The van der Waals surface area contributed by atoms with Crippen LogP contribution in [0.3, 0.4) is 0 Å². The van der Waals surface area contributed by atoms with Crippen molar-refractivity contribution < 1.29 is 27.5 Å². The van der Waals surface area contributed by atoms with Gasteiger partial charge in [-0.05, 0) is 46.2 Å². The standard InChI is InChI=1S/C18H24F3NO3/c1-11(2)22(12(3)4)17(24)13(5)25-16(23)10-14-7-6-8-15(9-14)18(19,20)21/h6-9,11-13H,10H2,1-5H3/t13-/m0/s1. The van der Waals surface area contributed by atoms with Gasteiger partial charge in [-0.2, -0.15) is 13.2 Å². The monoisotopic (exact) mass is 359 g/mol. The van der Waals surface area contributed by atoms with Gasteiger partial charge in [-0.1, -0.05) is 18.2 Å². The van der Waals surface area contributed by atoms with Crippen molar-refractivity contribution in [1.82, 2.24) is 4.90 Å². The molecule has 0 aliphatic rings. The molecule has 0 aliphatic heterocycles. The summed E-state index contributed by atoms with van der Waals surface area (Å²) in [6, 6.07) is 4.37. The summed E-state index contributed by atoms with van der Waals surface area (Å²) in [6.07, 6.45) is -5.80. The predicted molar refractivity (Wildman–Crippen MR) is 87.8 cm³/mol. The largest absolute Gasteiger partial charge is 0.452 e. The third-order valence-electron chi connectivity index (χ3n) is 3.63. The van der Waals surface area contributed by atoms with E-state index in [2.05, 4.69) is 0 Å². The van der Waals surface area contributed by atoms with Crippen LogP contribution in [-0.4, -0.2) is 35.0 Å². The van der Waals surface area contributed by atoms with E-state index in [1.807, 2.05) is 27.7 Å². The van der Waals surface area contributed by atoms with Gasteiger partial charge in [-0.25, -0.2) is 0 Å². The van der Waals surface area contributed by atoms with Gasteiger partial charge >= 0.3 is 12.1 Å². The Morgan fingerprint density at radius 3 is 2.12 bits per heavy atom. The average Bonchev–Trinajstić information content (AvgIpc) is 2.45. The second-order valence-electron chi connectivity index (χ2n) is 6.44. The normalized spacial score (nSPS) is 13.0. The van der Waals surface area contributed by atoms with E-state index in [9.17, 15) is 22.8 Å². The van der Waals surface area contributed by atoms with Crippen molar-refractivity contribution in [3.8, 4) is 0 Å². The Labute approximate surface area is 146 Å². The number of nitrogens with zero attached hydrogens (tertiary/aromatic N) is 1. The lowest BCUT2D eigenvalue weighted by atomic mass is 10.1. The Hall–Kier alpha value is -2.05. The molecule has 1 atom stereocenters. The first-order chi connectivity index (χ1) is 11.4. The van der Waals surface area contributed by atoms with E-state index < -0.39 is 23.8 Å². The van der Waals surface area contributed by atoms with Crippen LogP contribution >= 0.6 is 0 Å². The fraction of sp³-hybridized carbons (Fsp3) is 0.556. The lowest BCUT2D eigenvalue weighted by Crippen LogP contribution is -2.47. The highest BCUT2D eigenvalue weighted by Gasteiger charge is 2.31. The number of alkyl halides is 3. The molecular weight excluding hydrogens is 335 g/mol. The maximum atomic E-state index is 12.7. The van der Waals surface area contributed by atoms with Gasteiger partial charge in [0.05, 0.1) is 12.0 Å². The Bertz CT molecular complexity index is 604. The van der Waals surface area contributed by atoms with E-state index in [1.165, 1.54) is 19.1 Å². The quantitative estimate of drug-likeness (QED) is 0.726. The van der Waals surface area contributed by atoms with Crippen molar-refractivity contribution >= 4 is 11.9 Å². The highest BCUT2D eigenvalue weighted by molar-refractivity contribution is 5.84. The number of carbonyl (C=O) groups excluding carboxylic acids is 2. The second-order valence-corrected chi connectivity index (χ2v) is 6.44. The van der Waals surface area contributed by atoms with Crippen molar-refractivity contribution in [3.63, 3.8) is 0 Å². The number of carbonyl (C=O) groups is 2. The van der Waals surface area contributed by atoms with Crippen molar-refractivity contribution in [3.05, 3.63) is 35.4 Å². The average molecular weight is 359 g/mol. The Kier molecular flexibility index (Phi) is 7.02. The number of hydrogen-bond donors (Lipinski definition) is 0. The number of hydrogen-bond acceptors (Lipinski definition) is 3. The van der Waals surface area contributed by atoms with Gasteiger partial charge in [0.2, 0.25) is 0 Å². The highest BCUT2D eigenvalue weighted by atomic mass is 19.4. The molecule has 0 aromatic heterocycles. The number of halogens is 3. The molecule has 1 aromatic carbocycles. The summed E-state index contributed by atoms with van der Waals surface area (Å²) in [5, 5.41) is 0. The lowest BCUT2D eigenvalue weighted by molar-refractivity contribution is -0.160. The van der Waals surface area contributed by atoms with Gasteiger partial charge in [0, 0.05) is 12.1 Å². The minimum absolute atomic E-state index is 0.0582. The number of rotatable bonds is 6. The summed E-state index contributed by atoms with van der Waals surface area (Å²) < 4.78 is 43.2. The Morgan fingerprint density at radius 2 is 1.64 bits per heavy atom. The molecule has 0 heterocycles. The van der Waals surface area contributed by atoms with Crippen LogP contribution in [0.1, 0.15) is 45.7 Å². The molecule has 0 spiro atoms. The fourth-order valence-corrected chi connectivity index (χ4v) is 2.63. The third kappa shape index (κ3) is 6.07. The van der Waals surface area contributed by atoms with Gasteiger partial charge in [-0.15, -0.1) is 0 Å². The Balaban J connectivity index is 2.75. The topological polar surface area (TPSA) is 46.6 Å². The third-order valence-corrected chi connectivity index (χ3v) is 3.63. The van der Waals surface area contributed by atoms with Crippen LogP contribution in [-0.2, 0) is 26.9 Å². The summed E-state index contributed by atoms with van der Waals surface area (Å²) in [6.45, 7) is 8.89. The molecule has 1 rings (SSSR count). The van der Waals surface area contributed by atoms with E-state index >= 15 is 0 Å². The van der Waals surface area contributed by atoms with Crippen molar-refractivity contribution in [2.45, 2.75) is 65.4 Å². The molecule has 7 heteroatoms. The van der Waals surface area contributed by atoms with Crippen molar-refractivity contribution in [1.29, 1.82) is 0 Å². The first kappa shape index (κ1) is 21.0. The van der Waals surface area contributed by atoms with Gasteiger partial charge in [-0.3, -0.25) is 9.59 Å². The van der Waals surface area contributed by atoms with Crippen molar-refractivity contribution in [2.24, 2.45) is 0 Å². The summed E-state index contributed by atoms with van der Waals surface area (Å²) in [5.74, 6) is -1.07. The van der Waals surface area contributed by atoms with E-state index in [0.717, 1.165) is 12.1 Å². The highest BCUT2D eigenvalue weighted by Crippen LogP contribution is 2.29. The van der Waals surface area contributed by atoms with E-state index in [0.29, 0.717) is 0 Å². The zero-order valence-electron chi connectivity index (χ0n) is 15.1. The van der Waals surface area contributed by atoms with Crippen LogP contribution in [0, 0.1) is 0 Å². The van der Waals surface area contributed by atoms with E-state index in [-0.39, 0.29) is 30.0 Å². The summed E-state index contributed by atoms with van der Waals surface area (Å²) >= 11 is 0. The number of amides is 1. The minimum Gasteiger partial charge on any atom is -0.452 e. The molecule has 140 valence electrons. The van der Waals surface area contributed by atoms with Crippen LogP contribution in [0.15, 0.2) is 24.3 Å². The molecule has 1 amide bonds. The van der Waals surface area contributed by atoms with Crippen LogP contribution < -0.4 is 0 Å². The van der Waals surface area contributed by atoms with E-state index in [1.54, 1.807) is 4.90 Å². The van der Waals surface area contributed by atoms with Crippen LogP contribution in [0.4, 0.5) is 13.2 Å².